The van der Waals surface area contributed by atoms with E-state index in [1.165, 1.54) is 0 Å². The summed E-state index contributed by atoms with van der Waals surface area (Å²) in [5, 5.41) is 0.596. The average molecular weight is 188 g/mol. The summed E-state index contributed by atoms with van der Waals surface area (Å²) in [4.78, 5) is 4.01. The molecule has 0 saturated heterocycles. The van der Waals surface area contributed by atoms with Crippen LogP contribution in [0.2, 0.25) is 5.15 Å². The molecule has 0 saturated carbocycles. The molecule has 3 nitrogen and oxygen atoms in total. The molecule has 1 rings (SSSR count). The Morgan fingerprint density at radius 1 is 1.75 bits per heavy atom. The molecule has 1 heterocycles. The van der Waals surface area contributed by atoms with Crippen molar-refractivity contribution < 1.29 is 0 Å². The van der Waals surface area contributed by atoms with Crippen LogP contribution in [0, 0.1) is 0 Å². The van der Waals surface area contributed by atoms with Gasteiger partial charge in [0.2, 0.25) is 0 Å². The summed E-state index contributed by atoms with van der Waals surface area (Å²) in [6.45, 7) is 2.79. The van der Waals surface area contributed by atoms with Crippen LogP contribution in [0.15, 0.2) is 6.33 Å². The standard InChI is InChI=1S/C8H14ClN3/c1-6(3-4-10)7-8(9)11-5-12(7)2/h5-6H,3-4,10H2,1-2H3. The van der Waals surface area contributed by atoms with E-state index in [0.29, 0.717) is 17.6 Å². The molecular weight excluding hydrogens is 174 g/mol. The van der Waals surface area contributed by atoms with Crippen LogP contribution in [0.4, 0.5) is 0 Å². The van der Waals surface area contributed by atoms with E-state index in [2.05, 4.69) is 11.9 Å². The molecule has 1 aromatic heterocycles. The lowest BCUT2D eigenvalue weighted by Gasteiger charge is -2.10. The molecule has 0 fully saturated rings. The molecule has 0 spiro atoms. The van der Waals surface area contributed by atoms with Crippen molar-refractivity contribution in [3.05, 3.63) is 17.2 Å². The molecule has 2 N–H and O–H groups in total. The van der Waals surface area contributed by atoms with Gasteiger partial charge in [-0.2, -0.15) is 0 Å². The third kappa shape index (κ3) is 1.79. The normalized spacial score (nSPS) is 13.3. The van der Waals surface area contributed by atoms with Crippen molar-refractivity contribution in [3.63, 3.8) is 0 Å². The van der Waals surface area contributed by atoms with Crippen molar-refractivity contribution in [2.75, 3.05) is 6.54 Å². The van der Waals surface area contributed by atoms with E-state index in [4.69, 9.17) is 17.3 Å². The quantitative estimate of drug-likeness (QED) is 0.780. The van der Waals surface area contributed by atoms with E-state index < -0.39 is 0 Å². The summed E-state index contributed by atoms with van der Waals surface area (Å²) < 4.78 is 1.95. The monoisotopic (exact) mass is 187 g/mol. The van der Waals surface area contributed by atoms with E-state index in [1.54, 1.807) is 6.33 Å². The highest BCUT2D eigenvalue weighted by molar-refractivity contribution is 6.30. The van der Waals surface area contributed by atoms with Crippen molar-refractivity contribution in [1.29, 1.82) is 0 Å². The molecule has 1 unspecified atom stereocenters. The van der Waals surface area contributed by atoms with Gasteiger partial charge in [0.15, 0.2) is 0 Å². The number of nitrogens with two attached hydrogens (primary N) is 1. The molecule has 68 valence electrons. The van der Waals surface area contributed by atoms with Crippen molar-refractivity contribution in [2.45, 2.75) is 19.3 Å². The molecule has 12 heavy (non-hydrogen) atoms. The van der Waals surface area contributed by atoms with E-state index in [9.17, 15) is 0 Å². The molecule has 0 aromatic carbocycles. The van der Waals surface area contributed by atoms with Gasteiger partial charge in [0.1, 0.15) is 5.15 Å². The maximum Gasteiger partial charge on any atom is 0.150 e. The van der Waals surface area contributed by atoms with E-state index >= 15 is 0 Å². The molecule has 4 heteroatoms. The van der Waals surface area contributed by atoms with Gasteiger partial charge in [-0.3, -0.25) is 0 Å². The summed E-state index contributed by atoms with van der Waals surface area (Å²) in [6.07, 6.45) is 2.67. The van der Waals surface area contributed by atoms with E-state index in [-0.39, 0.29) is 0 Å². The molecule has 0 aliphatic carbocycles. The van der Waals surface area contributed by atoms with Gasteiger partial charge in [-0.15, -0.1) is 0 Å². The number of aromatic nitrogens is 2. The summed E-state index contributed by atoms with van der Waals surface area (Å²) in [5.41, 5.74) is 6.53. The maximum absolute atomic E-state index is 5.90. The van der Waals surface area contributed by atoms with E-state index in [1.807, 2.05) is 11.6 Å². The number of aryl methyl sites for hydroxylation is 1. The zero-order valence-electron chi connectivity index (χ0n) is 7.42. The largest absolute Gasteiger partial charge is 0.336 e. The van der Waals surface area contributed by atoms with Gasteiger partial charge in [-0.1, -0.05) is 18.5 Å². The first-order valence-electron chi connectivity index (χ1n) is 4.03. The van der Waals surface area contributed by atoms with Gasteiger partial charge >= 0.3 is 0 Å². The zero-order valence-corrected chi connectivity index (χ0v) is 8.17. The molecule has 0 aliphatic rings. The first kappa shape index (κ1) is 9.55. The number of nitrogens with zero attached hydrogens (tertiary/aromatic N) is 2. The van der Waals surface area contributed by atoms with Crippen LogP contribution < -0.4 is 5.73 Å². The molecule has 0 radical (unpaired) electrons. The second kappa shape index (κ2) is 3.92. The van der Waals surface area contributed by atoms with Gasteiger partial charge in [0.25, 0.3) is 0 Å². The van der Waals surface area contributed by atoms with Gasteiger partial charge in [-0.05, 0) is 13.0 Å². The second-order valence-corrected chi connectivity index (χ2v) is 3.37. The van der Waals surface area contributed by atoms with Crippen LogP contribution in [0.3, 0.4) is 0 Å². The first-order chi connectivity index (χ1) is 5.66. The third-order valence-corrected chi connectivity index (χ3v) is 2.29. The van der Waals surface area contributed by atoms with Crippen LogP contribution in [-0.2, 0) is 7.05 Å². The summed E-state index contributed by atoms with van der Waals surface area (Å²) in [6, 6.07) is 0. The fourth-order valence-electron chi connectivity index (χ4n) is 1.35. The highest BCUT2D eigenvalue weighted by Crippen LogP contribution is 2.24. The minimum atomic E-state index is 0.384. The lowest BCUT2D eigenvalue weighted by Crippen LogP contribution is -2.07. The van der Waals surface area contributed by atoms with Crippen LogP contribution in [-0.4, -0.2) is 16.1 Å². The topological polar surface area (TPSA) is 43.8 Å². The Balaban J connectivity index is 2.85. The fourth-order valence-corrected chi connectivity index (χ4v) is 1.71. The third-order valence-electron chi connectivity index (χ3n) is 2.00. The van der Waals surface area contributed by atoms with Crippen molar-refractivity contribution in [2.24, 2.45) is 12.8 Å². The van der Waals surface area contributed by atoms with E-state index in [0.717, 1.165) is 12.1 Å². The van der Waals surface area contributed by atoms with Crippen molar-refractivity contribution >= 4 is 11.6 Å². The SMILES string of the molecule is CC(CCN)c1c(Cl)ncn1C. The van der Waals surface area contributed by atoms with Gasteiger partial charge in [0, 0.05) is 13.0 Å². The second-order valence-electron chi connectivity index (χ2n) is 3.01. The Hall–Kier alpha value is -0.540. The zero-order chi connectivity index (χ0) is 9.14. The Bertz CT molecular complexity index is 237. The Labute approximate surface area is 77.5 Å². The predicted octanol–water partition coefficient (Wildman–Crippen LogP) is 1.53. The van der Waals surface area contributed by atoms with Crippen molar-refractivity contribution in [1.82, 2.24) is 9.55 Å². The highest BCUT2D eigenvalue weighted by Gasteiger charge is 2.13. The van der Waals surface area contributed by atoms with Gasteiger partial charge in [-0.25, -0.2) is 4.98 Å². The minimum Gasteiger partial charge on any atom is -0.336 e. The molecule has 0 aliphatic heterocycles. The average Bonchev–Trinajstić information content (AvgIpc) is 2.32. The number of hydrogen-bond acceptors (Lipinski definition) is 2. The molecule has 0 bridgehead atoms. The van der Waals surface area contributed by atoms with Crippen molar-refractivity contribution in [3.8, 4) is 0 Å². The number of rotatable bonds is 3. The first-order valence-corrected chi connectivity index (χ1v) is 4.41. The minimum absolute atomic E-state index is 0.384. The van der Waals surface area contributed by atoms with Crippen LogP contribution in [0.25, 0.3) is 0 Å². The number of hydrogen-bond donors (Lipinski definition) is 1. The highest BCUT2D eigenvalue weighted by atomic mass is 35.5. The lowest BCUT2D eigenvalue weighted by molar-refractivity contribution is 0.639. The van der Waals surface area contributed by atoms with Crippen LogP contribution in [0.1, 0.15) is 25.0 Å². The Morgan fingerprint density at radius 2 is 2.42 bits per heavy atom. The molecule has 0 amide bonds. The summed E-state index contributed by atoms with van der Waals surface area (Å²) >= 11 is 5.90. The smallest absolute Gasteiger partial charge is 0.150 e. The van der Waals surface area contributed by atoms with Crippen LogP contribution >= 0.6 is 11.6 Å². The molecular formula is C8H14ClN3. The summed E-state index contributed by atoms with van der Waals surface area (Å²) in [5.74, 6) is 0.384. The molecule has 1 aromatic rings. The summed E-state index contributed by atoms with van der Waals surface area (Å²) in [7, 11) is 1.95. The van der Waals surface area contributed by atoms with Gasteiger partial charge in [0.05, 0.1) is 12.0 Å². The van der Waals surface area contributed by atoms with Crippen LogP contribution in [0.5, 0.6) is 0 Å². The Kier molecular flexibility index (Phi) is 3.12. The van der Waals surface area contributed by atoms with Gasteiger partial charge < -0.3 is 10.3 Å². The Morgan fingerprint density at radius 3 is 2.83 bits per heavy atom. The predicted molar refractivity (Wildman–Crippen MR) is 50.3 cm³/mol. The fraction of sp³-hybridized carbons (Fsp3) is 0.625. The number of halogens is 1. The maximum atomic E-state index is 5.90. The lowest BCUT2D eigenvalue weighted by atomic mass is 10.1. The molecule has 1 atom stereocenters. The number of imidazole rings is 1.